The summed E-state index contributed by atoms with van der Waals surface area (Å²) in [6.07, 6.45) is 1.89. The van der Waals surface area contributed by atoms with Gasteiger partial charge in [0.25, 0.3) is 0 Å². The van der Waals surface area contributed by atoms with E-state index in [1.54, 1.807) is 0 Å². The normalized spacial score (nSPS) is 15.9. The van der Waals surface area contributed by atoms with Gasteiger partial charge in [-0.3, -0.25) is 0 Å². The van der Waals surface area contributed by atoms with Crippen LogP contribution in [0.2, 0.25) is 0 Å². The van der Waals surface area contributed by atoms with Gasteiger partial charge >= 0.3 is 6.09 Å². The Morgan fingerprint density at radius 1 is 1.28 bits per heavy atom. The van der Waals surface area contributed by atoms with E-state index in [-0.39, 0.29) is 18.5 Å². The van der Waals surface area contributed by atoms with Crippen molar-refractivity contribution in [1.29, 1.82) is 0 Å². The quantitative estimate of drug-likeness (QED) is 0.823. The van der Waals surface area contributed by atoms with Gasteiger partial charge in [0.15, 0.2) is 0 Å². The van der Waals surface area contributed by atoms with Crippen LogP contribution in [0.5, 0.6) is 0 Å². The summed E-state index contributed by atoms with van der Waals surface area (Å²) >= 11 is 0. The van der Waals surface area contributed by atoms with E-state index >= 15 is 0 Å². The van der Waals surface area contributed by atoms with Gasteiger partial charge < -0.3 is 9.64 Å². The van der Waals surface area contributed by atoms with Crippen LogP contribution in [0.3, 0.4) is 0 Å². The largest absolute Gasteiger partial charge is 0.450 e. The molecule has 1 aliphatic heterocycles. The summed E-state index contributed by atoms with van der Waals surface area (Å²) in [4.78, 5) is 13.4. The van der Waals surface area contributed by atoms with Crippen LogP contribution in [-0.2, 0) is 4.74 Å². The molecule has 0 bridgehead atoms. The minimum atomic E-state index is -0.168. The van der Waals surface area contributed by atoms with Crippen LogP contribution < -0.4 is 0 Å². The molecule has 1 aromatic rings. The highest BCUT2D eigenvalue weighted by atomic mass is 35.5. The topological polar surface area (TPSA) is 29.5 Å². The van der Waals surface area contributed by atoms with Gasteiger partial charge in [-0.05, 0) is 31.2 Å². The zero-order chi connectivity index (χ0) is 12.1. The van der Waals surface area contributed by atoms with Crippen molar-refractivity contribution < 1.29 is 9.53 Å². The van der Waals surface area contributed by atoms with Gasteiger partial charge in [0.1, 0.15) is 0 Å². The number of nitrogens with zero attached hydrogens (tertiary/aromatic N) is 1. The molecule has 0 aliphatic carbocycles. The molecule has 0 atom stereocenters. The number of rotatable bonds is 2. The average Bonchev–Trinajstić information content (AvgIpc) is 2.40. The van der Waals surface area contributed by atoms with Crippen molar-refractivity contribution in [3.63, 3.8) is 0 Å². The number of carbonyl (C=O) groups excluding carboxylic acids is 1. The van der Waals surface area contributed by atoms with E-state index < -0.39 is 0 Å². The lowest BCUT2D eigenvalue weighted by Gasteiger charge is -2.31. The molecule has 1 amide bonds. The minimum absolute atomic E-state index is 0. The third-order valence-electron chi connectivity index (χ3n) is 3.29. The first-order chi connectivity index (χ1) is 8.31. The van der Waals surface area contributed by atoms with Gasteiger partial charge in [-0.25, -0.2) is 4.79 Å². The van der Waals surface area contributed by atoms with Gasteiger partial charge in [-0.2, -0.15) is 0 Å². The molecule has 1 aromatic carbocycles. The van der Waals surface area contributed by atoms with Crippen LogP contribution in [0.15, 0.2) is 30.3 Å². The molecule has 1 heterocycles. The van der Waals surface area contributed by atoms with Crippen molar-refractivity contribution in [2.45, 2.75) is 25.7 Å². The van der Waals surface area contributed by atoms with E-state index in [1.807, 2.05) is 17.9 Å². The van der Waals surface area contributed by atoms with Gasteiger partial charge in [0, 0.05) is 13.1 Å². The zero-order valence-electron chi connectivity index (χ0n) is 10.7. The van der Waals surface area contributed by atoms with E-state index in [2.05, 4.69) is 24.3 Å². The lowest BCUT2D eigenvalue weighted by Crippen LogP contribution is -2.38. The highest BCUT2D eigenvalue weighted by Crippen LogP contribution is 2.27. The maximum absolute atomic E-state index is 11.5. The molecule has 1 aliphatic rings. The third kappa shape index (κ3) is 3.64. The first-order valence-corrected chi connectivity index (χ1v) is 6.28. The van der Waals surface area contributed by atoms with Crippen molar-refractivity contribution in [1.82, 2.24) is 4.90 Å². The molecule has 1 fully saturated rings. The van der Waals surface area contributed by atoms with Crippen LogP contribution in [-0.4, -0.2) is 30.7 Å². The van der Waals surface area contributed by atoms with Crippen molar-refractivity contribution in [2.24, 2.45) is 0 Å². The molecule has 0 spiro atoms. The Balaban J connectivity index is 0.00000162. The Labute approximate surface area is 115 Å². The SMILES string of the molecule is CCOC(=O)N1CCC(c2ccccc2)CC1.Cl. The first-order valence-electron chi connectivity index (χ1n) is 6.28. The molecule has 3 nitrogen and oxygen atoms in total. The number of piperidine rings is 1. The van der Waals surface area contributed by atoms with E-state index in [9.17, 15) is 4.79 Å². The Hall–Kier alpha value is -1.22. The van der Waals surface area contributed by atoms with Crippen LogP contribution in [0.1, 0.15) is 31.2 Å². The third-order valence-corrected chi connectivity index (χ3v) is 3.29. The maximum Gasteiger partial charge on any atom is 0.409 e. The molecule has 1 saturated heterocycles. The van der Waals surface area contributed by atoms with E-state index in [0.717, 1.165) is 25.9 Å². The predicted octanol–water partition coefficient (Wildman–Crippen LogP) is 3.44. The molecule has 2 rings (SSSR count). The van der Waals surface area contributed by atoms with E-state index in [0.29, 0.717) is 12.5 Å². The fraction of sp³-hybridized carbons (Fsp3) is 0.500. The van der Waals surface area contributed by atoms with Crippen molar-refractivity contribution in [2.75, 3.05) is 19.7 Å². The maximum atomic E-state index is 11.5. The summed E-state index contributed by atoms with van der Waals surface area (Å²) in [5.41, 5.74) is 1.39. The van der Waals surface area contributed by atoms with Crippen LogP contribution in [0.25, 0.3) is 0 Å². The number of likely N-dealkylation sites (tertiary alicyclic amines) is 1. The number of halogens is 1. The van der Waals surface area contributed by atoms with Crippen LogP contribution in [0.4, 0.5) is 4.79 Å². The Kier molecular flexibility index (Phi) is 5.99. The molecular formula is C14H20ClNO2. The molecule has 18 heavy (non-hydrogen) atoms. The smallest absolute Gasteiger partial charge is 0.409 e. The number of carbonyl (C=O) groups is 1. The lowest BCUT2D eigenvalue weighted by molar-refractivity contribution is 0.0971. The fourth-order valence-electron chi connectivity index (χ4n) is 2.34. The van der Waals surface area contributed by atoms with E-state index in [1.165, 1.54) is 5.56 Å². The summed E-state index contributed by atoms with van der Waals surface area (Å²) in [6, 6.07) is 10.5. The highest BCUT2D eigenvalue weighted by Gasteiger charge is 2.24. The van der Waals surface area contributed by atoms with Crippen LogP contribution in [0, 0.1) is 0 Å². The fourth-order valence-corrected chi connectivity index (χ4v) is 2.34. The minimum Gasteiger partial charge on any atom is -0.450 e. The molecule has 0 N–H and O–H groups in total. The summed E-state index contributed by atoms with van der Waals surface area (Å²) < 4.78 is 5.01. The van der Waals surface area contributed by atoms with Crippen molar-refractivity contribution >= 4 is 18.5 Å². The monoisotopic (exact) mass is 269 g/mol. The van der Waals surface area contributed by atoms with E-state index in [4.69, 9.17) is 4.74 Å². The van der Waals surface area contributed by atoms with Gasteiger partial charge in [0.05, 0.1) is 6.61 Å². The molecule has 0 unspecified atom stereocenters. The molecule has 100 valence electrons. The number of ether oxygens (including phenoxy) is 1. The average molecular weight is 270 g/mol. The van der Waals surface area contributed by atoms with Crippen molar-refractivity contribution in [3.8, 4) is 0 Å². The number of benzene rings is 1. The standard InChI is InChI=1S/C14H19NO2.ClH/c1-2-17-14(16)15-10-8-13(9-11-15)12-6-4-3-5-7-12;/h3-7,13H,2,8-11H2,1H3;1H. The lowest BCUT2D eigenvalue weighted by atomic mass is 9.90. The number of hydrogen-bond donors (Lipinski definition) is 0. The summed E-state index contributed by atoms with van der Waals surface area (Å²) in [6.45, 7) is 3.91. The van der Waals surface area contributed by atoms with Gasteiger partial charge in [-0.1, -0.05) is 30.3 Å². The zero-order valence-corrected chi connectivity index (χ0v) is 11.5. The molecule has 4 heteroatoms. The molecule has 0 saturated carbocycles. The van der Waals surface area contributed by atoms with Gasteiger partial charge in [-0.15, -0.1) is 12.4 Å². The Bertz CT molecular complexity index is 361. The molecule has 0 radical (unpaired) electrons. The van der Waals surface area contributed by atoms with Crippen LogP contribution >= 0.6 is 12.4 Å². The Morgan fingerprint density at radius 3 is 2.44 bits per heavy atom. The number of amides is 1. The molecule has 0 aromatic heterocycles. The first kappa shape index (κ1) is 14.8. The summed E-state index contributed by atoms with van der Waals surface area (Å²) in [7, 11) is 0. The number of hydrogen-bond acceptors (Lipinski definition) is 2. The van der Waals surface area contributed by atoms with Crippen molar-refractivity contribution in [3.05, 3.63) is 35.9 Å². The second kappa shape index (κ2) is 7.27. The highest BCUT2D eigenvalue weighted by molar-refractivity contribution is 5.85. The summed E-state index contributed by atoms with van der Waals surface area (Å²) in [5.74, 6) is 0.585. The second-order valence-corrected chi connectivity index (χ2v) is 4.37. The Morgan fingerprint density at radius 2 is 1.89 bits per heavy atom. The second-order valence-electron chi connectivity index (χ2n) is 4.37. The molecular weight excluding hydrogens is 250 g/mol. The predicted molar refractivity (Wildman–Crippen MR) is 74.3 cm³/mol. The summed E-state index contributed by atoms with van der Waals surface area (Å²) in [5, 5.41) is 0. The van der Waals surface area contributed by atoms with Gasteiger partial charge in [0.2, 0.25) is 0 Å².